The number of hydrogen-bond donors (Lipinski definition) is 1. The number of fused-ring (bicyclic) bond motifs is 1. The zero-order chi connectivity index (χ0) is 17.3. The fourth-order valence-electron chi connectivity index (χ4n) is 2.96. The predicted octanol–water partition coefficient (Wildman–Crippen LogP) is 4.92. The highest BCUT2D eigenvalue weighted by atomic mass is 79.9. The Morgan fingerprint density at radius 1 is 1.21 bits per heavy atom. The molecule has 0 aliphatic carbocycles. The van der Waals surface area contributed by atoms with Gasteiger partial charge in [0.25, 0.3) is 5.91 Å². The first kappa shape index (κ1) is 16.7. The van der Waals surface area contributed by atoms with E-state index in [1.807, 2.05) is 48.7 Å². The molecule has 0 unspecified atom stereocenters. The number of nitrogens with one attached hydrogen (secondary N) is 1. The summed E-state index contributed by atoms with van der Waals surface area (Å²) in [7, 11) is 0. The molecule has 5 heteroatoms. The van der Waals surface area contributed by atoms with Gasteiger partial charge in [0.15, 0.2) is 0 Å². The molecule has 24 heavy (non-hydrogen) atoms. The largest absolute Gasteiger partial charge is 0.321 e. The van der Waals surface area contributed by atoms with Gasteiger partial charge in [0.1, 0.15) is 11.3 Å². The van der Waals surface area contributed by atoms with Gasteiger partial charge in [0.05, 0.1) is 5.69 Å². The summed E-state index contributed by atoms with van der Waals surface area (Å²) in [6.45, 7) is 6.14. The molecule has 4 nitrogen and oxygen atoms in total. The minimum absolute atomic E-state index is 0.131. The molecule has 0 bridgehead atoms. The number of rotatable bonds is 4. The van der Waals surface area contributed by atoms with E-state index in [9.17, 15) is 4.79 Å². The van der Waals surface area contributed by atoms with Crippen LogP contribution in [0.5, 0.6) is 0 Å². The van der Waals surface area contributed by atoms with E-state index in [4.69, 9.17) is 0 Å². The molecule has 3 aromatic rings. The Morgan fingerprint density at radius 3 is 2.58 bits per heavy atom. The number of hydrogen-bond acceptors (Lipinski definition) is 2. The topological polar surface area (TPSA) is 46.4 Å². The van der Waals surface area contributed by atoms with Crippen molar-refractivity contribution < 1.29 is 4.79 Å². The summed E-state index contributed by atoms with van der Waals surface area (Å²) >= 11 is 3.47. The molecule has 2 aromatic heterocycles. The second kappa shape index (κ2) is 6.77. The van der Waals surface area contributed by atoms with E-state index in [0.29, 0.717) is 5.69 Å². The summed E-state index contributed by atoms with van der Waals surface area (Å²) in [5.74, 6) is -0.131. The highest BCUT2D eigenvalue weighted by Gasteiger charge is 2.19. The Bertz CT molecular complexity index is 894. The number of aryl methyl sites for hydroxylation is 3. The van der Waals surface area contributed by atoms with Gasteiger partial charge in [-0.05, 0) is 71.6 Å². The van der Waals surface area contributed by atoms with Crippen LogP contribution in [0.1, 0.15) is 40.7 Å². The maximum absolute atomic E-state index is 12.9. The second-order valence-electron chi connectivity index (χ2n) is 6.06. The van der Waals surface area contributed by atoms with Crippen molar-refractivity contribution in [2.24, 2.45) is 0 Å². The van der Waals surface area contributed by atoms with Crippen LogP contribution in [0.3, 0.4) is 0 Å². The van der Waals surface area contributed by atoms with E-state index in [-0.39, 0.29) is 5.91 Å². The van der Waals surface area contributed by atoms with Crippen molar-refractivity contribution in [2.45, 2.75) is 33.6 Å². The summed E-state index contributed by atoms with van der Waals surface area (Å²) in [5, 5.41) is 3.02. The highest BCUT2D eigenvalue weighted by Crippen LogP contribution is 2.21. The van der Waals surface area contributed by atoms with Gasteiger partial charge in [-0.25, -0.2) is 4.98 Å². The van der Waals surface area contributed by atoms with Crippen molar-refractivity contribution in [2.75, 3.05) is 5.32 Å². The van der Waals surface area contributed by atoms with Crippen molar-refractivity contribution in [3.63, 3.8) is 0 Å². The van der Waals surface area contributed by atoms with E-state index < -0.39 is 0 Å². The normalized spacial score (nSPS) is 11.0. The minimum Gasteiger partial charge on any atom is -0.321 e. The van der Waals surface area contributed by atoms with E-state index in [1.54, 1.807) is 0 Å². The Hall–Kier alpha value is -2.14. The van der Waals surface area contributed by atoms with Crippen molar-refractivity contribution in [1.82, 2.24) is 9.38 Å². The van der Waals surface area contributed by atoms with Gasteiger partial charge in [0.2, 0.25) is 0 Å². The third kappa shape index (κ3) is 3.36. The van der Waals surface area contributed by atoms with Gasteiger partial charge in [-0.3, -0.25) is 9.20 Å². The number of carbonyl (C=O) groups excluding carboxylic acids is 1. The molecule has 0 radical (unpaired) electrons. The van der Waals surface area contributed by atoms with Gasteiger partial charge in [-0.15, -0.1) is 0 Å². The van der Waals surface area contributed by atoms with E-state index in [0.717, 1.165) is 45.5 Å². The third-order valence-electron chi connectivity index (χ3n) is 3.84. The van der Waals surface area contributed by atoms with Gasteiger partial charge < -0.3 is 5.32 Å². The van der Waals surface area contributed by atoms with Crippen molar-refractivity contribution >= 4 is 33.2 Å². The van der Waals surface area contributed by atoms with Gasteiger partial charge in [0, 0.05) is 16.4 Å². The van der Waals surface area contributed by atoms with Crippen LogP contribution in [0.4, 0.5) is 5.69 Å². The summed E-state index contributed by atoms with van der Waals surface area (Å²) in [6, 6.07) is 9.89. The van der Waals surface area contributed by atoms with E-state index in [1.165, 1.54) is 0 Å². The summed E-state index contributed by atoms with van der Waals surface area (Å²) < 4.78 is 2.77. The summed E-state index contributed by atoms with van der Waals surface area (Å²) in [6.07, 6.45) is 3.60. The van der Waals surface area contributed by atoms with Crippen LogP contribution in [0.2, 0.25) is 0 Å². The standard InChI is InChI=1S/C19H20BrN3O/c1-4-5-16-18(23-11-14(20)6-7-17(23)22-16)19(24)21-15-9-12(2)8-13(3)10-15/h6-11H,4-5H2,1-3H3,(H,21,24). The molecular weight excluding hydrogens is 366 g/mol. The van der Waals surface area contributed by atoms with Crippen LogP contribution in [-0.4, -0.2) is 15.3 Å². The molecule has 0 saturated carbocycles. The number of imidazole rings is 1. The Labute approximate surface area is 150 Å². The van der Waals surface area contributed by atoms with E-state index >= 15 is 0 Å². The minimum atomic E-state index is -0.131. The number of pyridine rings is 1. The first-order valence-corrected chi connectivity index (χ1v) is 8.83. The molecular formula is C19H20BrN3O. The molecule has 0 aliphatic rings. The Kier molecular flexibility index (Phi) is 4.71. The molecule has 1 aromatic carbocycles. The maximum atomic E-state index is 12.9. The smallest absolute Gasteiger partial charge is 0.274 e. The zero-order valence-corrected chi connectivity index (χ0v) is 15.6. The average Bonchev–Trinajstić information content (AvgIpc) is 2.83. The number of carbonyl (C=O) groups is 1. The quantitative estimate of drug-likeness (QED) is 0.692. The number of benzene rings is 1. The highest BCUT2D eigenvalue weighted by molar-refractivity contribution is 9.10. The molecule has 0 aliphatic heterocycles. The lowest BCUT2D eigenvalue weighted by molar-refractivity contribution is 0.102. The fraction of sp³-hybridized carbons (Fsp3) is 0.263. The first-order valence-electron chi connectivity index (χ1n) is 8.04. The molecule has 0 fully saturated rings. The van der Waals surface area contributed by atoms with Crippen LogP contribution < -0.4 is 5.32 Å². The maximum Gasteiger partial charge on any atom is 0.274 e. The molecule has 0 spiro atoms. The Balaban J connectivity index is 2.04. The lowest BCUT2D eigenvalue weighted by Gasteiger charge is -2.09. The fourth-order valence-corrected chi connectivity index (χ4v) is 3.29. The monoisotopic (exact) mass is 385 g/mol. The molecule has 0 atom stereocenters. The molecule has 124 valence electrons. The van der Waals surface area contributed by atoms with Crippen molar-refractivity contribution in [1.29, 1.82) is 0 Å². The number of halogens is 1. The lowest BCUT2D eigenvalue weighted by Crippen LogP contribution is -2.16. The zero-order valence-electron chi connectivity index (χ0n) is 14.1. The predicted molar refractivity (Wildman–Crippen MR) is 101 cm³/mol. The molecule has 1 amide bonds. The Morgan fingerprint density at radius 2 is 1.92 bits per heavy atom. The van der Waals surface area contributed by atoms with Gasteiger partial charge in [-0.1, -0.05) is 19.4 Å². The lowest BCUT2D eigenvalue weighted by atomic mass is 10.1. The first-order chi connectivity index (χ1) is 11.5. The van der Waals surface area contributed by atoms with Crippen LogP contribution in [0.15, 0.2) is 41.0 Å². The van der Waals surface area contributed by atoms with Crippen LogP contribution in [0, 0.1) is 13.8 Å². The van der Waals surface area contributed by atoms with E-state index in [2.05, 4.69) is 39.2 Å². The number of anilines is 1. The van der Waals surface area contributed by atoms with Gasteiger partial charge >= 0.3 is 0 Å². The van der Waals surface area contributed by atoms with Crippen LogP contribution >= 0.6 is 15.9 Å². The molecule has 0 saturated heterocycles. The molecule has 2 heterocycles. The van der Waals surface area contributed by atoms with Gasteiger partial charge in [-0.2, -0.15) is 0 Å². The third-order valence-corrected chi connectivity index (χ3v) is 4.31. The molecule has 3 rings (SSSR count). The van der Waals surface area contributed by atoms with Crippen LogP contribution in [0.25, 0.3) is 5.65 Å². The second-order valence-corrected chi connectivity index (χ2v) is 6.98. The summed E-state index contributed by atoms with van der Waals surface area (Å²) in [5.41, 5.74) is 5.28. The summed E-state index contributed by atoms with van der Waals surface area (Å²) in [4.78, 5) is 17.6. The number of aromatic nitrogens is 2. The SMILES string of the molecule is CCCc1nc2ccc(Br)cn2c1C(=O)Nc1cc(C)cc(C)c1. The van der Waals surface area contributed by atoms with Crippen molar-refractivity contribution in [3.05, 3.63) is 63.5 Å². The number of nitrogens with zero attached hydrogens (tertiary/aromatic N) is 2. The van der Waals surface area contributed by atoms with Crippen LogP contribution in [-0.2, 0) is 6.42 Å². The average molecular weight is 386 g/mol. The molecule has 1 N–H and O–H groups in total. The number of amides is 1. The van der Waals surface area contributed by atoms with Crippen molar-refractivity contribution in [3.8, 4) is 0 Å².